The predicted molar refractivity (Wildman–Crippen MR) is 85.5 cm³/mol. The topological polar surface area (TPSA) is 44.6 Å². The van der Waals surface area contributed by atoms with Crippen LogP contribution in [0.2, 0.25) is 0 Å². The van der Waals surface area contributed by atoms with E-state index in [9.17, 15) is 5.11 Å². The molecule has 21 heavy (non-hydrogen) atoms. The van der Waals surface area contributed by atoms with Gasteiger partial charge in [0, 0.05) is 18.9 Å². The van der Waals surface area contributed by atoms with Gasteiger partial charge in [-0.15, -0.1) is 0 Å². The predicted octanol–water partition coefficient (Wildman–Crippen LogP) is 2.90. The average Bonchev–Trinajstić information content (AvgIpc) is 3.03. The zero-order valence-electron chi connectivity index (χ0n) is 11.9. The molecule has 0 saturated heterocycles. The highest BCUT2D eigenvalue weighted by Crippen LogP contribution is 2.25. The van der Waals surface area contributed by atoms with E-state index in [0.717, 1.165) is 24.4 Å². The van der Waals surface area contributed by atoms with Crippen LogP contribution in [0.4, 0.5) is 0 Å². The Kier molecular flexibility index (Phi) is 4.31. The van der Waals surface area contributed by atoms with E-state index in [1.165, 1.54) is 5.56 Å². The number of benzene rings is 2. The Morgan fingerprint density at radius 2 is 1.71 bits per heavy atom. The summed E-state index contributed by atoms with van der Waals surface area (Å²) in [7, 11) is 0. The van der Waals surface area contributed by atoms with Gasteiger partial charge in [0.2, 0.25) is 0 Å². The number of hydrogen-bond donors (Lipinski definition) is 2. The van der Waals surface area contributed by atoms with Crippen molar-refractivity contribution in [3.8, 4) is 0 Å². The Balaban J connectivity index is 1.64. The lowest BCUT2D eigenvalue weighted by Crippen LogP contribution is -2.29. The van der Waals surface area contributed by atoms with Gasteiger partial charge in [-0.25, -0.2) is 0 Å². The number of nitrogens with one attached hydrogen (secondary N) is 1. The molecule has 0 aliphatic carbocycles. The largest absolute Gasteiger partial charge is 0.394 e. The Labute approximate surface area is 125 Å². The number of aliphatic hydroxyl groups is 1. The molecule has 3 rings (SSSR count). The van der Waals surface area contributed by atoms with Crippen LogP contribution < -0.4 is 5.32 Å². The minimum atomic E-state index is -0.0838. The number of nitrogens with zero attached hydrogens (tertiary/aromatic N) is 1. The van der Waals surface area contributed by atoms with Gasteiger partial charge in [0.05, 0.1) is 18.5 Å². The molecule has 1 heterocycles. The van der Waals surface area contributed by atoms with Crippen molar-refractivity contribution in [2.24, 2.45) is 4.99 Å². The average molecular weight is 280 g/mol. The molecular weight excluding hydrogens is 260 g/mol. The van der Waals surface area contributed by atoms with Crippen molar-refractivity contribution in [2.45, 2.75) is 18.4 Å². The van der Waals surface area contributed by atoms with Gasteiger partial charge in [0.25, 0.3) is 0 Å². The first-order valence-corrected chi connectivity index (χ1v) is 7.37. The van der Waals surface area contributed by atoms with Gasteiger partial charge in [0.15, 0.2) is 0 Å². The van der Waals surface area contributed by atoms with Crippen molar-refractivity contribution in [1.82, 2.24) is 5.32 Å². The second-order valence-electron chi connectivity index (χ2n) is 5.39. The first kappa shape index (κ1) is 13.8. The third kappa shape index (κ3) is 3.31. The second-order valence-corrected chi connectivity index (χ2v) is 5.39. The maximum atomic E-state index is 9.61. The molecule has 1 aliphatic rings. The fraction of sp³-hybridized carbons (Fsp3) is 0.278. The molecule has 0 radical (unpaired) electrons. The SMILES string of the molecule is OC[C@H](NC1=NCC(c2ccccc2)C1)c1ccccc1. The Hall–Kier alpha value is -2.13. The maximum absolute atomic E-state index is 9.61. The number of aliphatic imine (C=N–C) groups is 1. The molecule has 3 nitrogen and oxygen atoms in total. The summed E-state index contributed by atoms with van der Waals surface area (Å²) in [5, 5.41) is 13.0. The minimum Gasteiger partial charge on any atom is -0.394 e. The van der Waals surface area contributed by atoms with Crippen LogP contribution in [0, 0.1) is 0 Å². The van der Waals surface area contributed by atoms with Crippen LogP contribution in [0.15, 0.2) is 65.7 Å². The highest BCUT2D eigenvalue weighted by Gasteiger charge is 2.22. The Morgan fingerprint density at radius 3 is 2.38 bits per heavy atom. The molecule has 0 amide bonds. The van der Waals surface area contributed by atoms with Gasteiger partial charge < -0.3 is 10.4 Å². The number of hydrogen-bond acceptors (Lipinski definition) is 3. The molecule has 1 aliphatic heterocycles. The van der Waals surface area contributed by atoms with Crippen molar-refractivity contribution < 1.29 is 5.11 Å². The van der Waals surface area contributed by atoms with Crippen LogP contribution in [-0.2, 0) is 0 Å². The number of amidine groups is 1. The molecule has 2 N–H and O–H groups in total. The summed E-state index contributed by atoms with van der Waals surface area (Å²) in [6, 6.07) is 20.4. The molecule has 0 bridgehead atoms. The van der Waals surface area contributed by atoms with Crippen molar-refractivity contribution >= 4 is 5.84 Å². The fourth-order valence-electron chi connectivity index (χ4n) is 2.76. The van der Waals surface area contributed by atoms with E-state index < -0.39 is 0 Å². The molecule has 0 fully saturated rings. The zero-order chi connectivity index (χ0) is 14.5. The van der Waals surface area contributed by atoms with Gasteiger partial charge in [-0.05, 0) is 11.1 Å². The minimum absolute atomic E-state index is 0.0685. The first-order chi connectivity index (χ1) is 10.4. The zero-order valence-corrected chi connectivity index (χ0v) is 11.9. The van der Waals surface area contributed by atoms with E-state index in [0.29, 0.717) is 5.92 Å². The maximum Gasteiger partial charge on any atom is 0.0975 e. The fourth-order valence-corrected chi connectivity index (χ4v) is 2.76. The van der Waals surface area contributed by atoms with E-state index >= 15 is 0 Å². The molecule has 0 spiro atoms. The summed E-state index contributed by atoms with van der Waals surface area (Å²) < 4.78 is 0. The molecule has 2 atom stereocenters. The van der Waals surface area contributed by atoms with Crippen molar-refractivity contribution in [3.63, 3.8) is 0 Å². The summed E-state index contributed by atoms with van der Waals surface area (Å²) in [5.74, 6) is 1.44. The highest BCUT2D eigenvalue weighted by molar-refractivity contribution is 5.85. The molecule has 108 valence electrons. The van der Waals surface area contributed by atoms with Gasteiger partial charge >= 0.3 is 0 Å². The van der Waals surface area contributed by atoms with Gasteiger partial charge in [0.1, 0.15) is 0 Å². The third-order valence-electron chi connectivity index (χ3n) is 3.94. The van der Waals surface area contributed by atoms with Gasteiger partial charge in [-0.2, -0.15) is 0 Å². The van der Waals surface area contributed by atoms with Crippen molar-refractivity contribution in [3.05, 3.63) is 71.8 Å². The molecule has 0 aromatic heterocycles. The smallest absolute Gasteiger partial charge is 0.0975 e. The van der Waals surface area contributed by atoms with Crippen LogP contribution >= 0.6 is 0 Å². The Morgan fingerprint density at radius 1 is 1.05 bits per heavy atom. The molecule has 3 heteroatoms. The number of rotatable bonds is 4. The summed E-state index contributed by atoms with van der Waals surface area (Å²) >= 11 is 0. The normalized spacial score (nSPS) is 19.1. The van der Waals surface area contributed by atoms with Gasteiger partial charge in [-0.1, -0.05) is 60.7 Å². The summed E-state index contributed by atoms with van der Waals surface area (Å²) in [6.07, 6.45) is 0.910. The molecule has 2 aromatic carbocycles. The van der Waals surface area contributed by atoms with E-state index in [2.05, 4.69) is 34.6 Å². The van der Waals surface area contributed by atoms with Crippen LogP contribution in [0.25, 0.3) is 0 Å². The summed E-state index contributed by atoms with van der Waals surface area (Å²) in [4.78, 5) is 4.60. The highest BCUT2D eigenvalue weighted by atomic mass is 16.3. The van der Waals surface area contributed by atoms with Crippen LogP contribution in [-0.4, -0.2) is 24.1 Å². The molecule has 0 saturated carbocycles. The van der Waals surface area contributed by atoms with E-state index in [1.54, 1.807) is 0 Å². The molecular formula is C18H20N2O. The van der Waals surface area contributed by atoms with Crippen LogP contribution in [0.1, 0.15) is 29.5 Å². The van der Waals surface area contributed by atoms with Crippen LogP contribution in [0.5, 0.6) is 0 Å². The lowest BCUT2D eigenvalue weighted by atomic mass is 9.97. The first-order valence-electron chi connectivity index (χ1n) is 7.37. The quantitative estimate of drug-likeness (QED) is 0.904. The van der Waals surface area contributed by atoms with Crippen molar-refractivity contribution in [1.29, 1.82) is 0 Å². The summed E-state index contributed by atoms with van der Waals surface area (Å²) in [5.41, 5.74) is 2.42. The monoisotopic (exact) mass is 280 g/mol. The second kappa shape index (κ2) is 6.55. The molecule has 2 aromatic rings. The lowest BCUT2D eigenvalue weighted by Gasteiger charge is -2.18. The van der Waals surface area contributed by atoms with Gasteiger partial charge in [-0.3, -0.25) is 4.99 Å². The Bertz CT molecular complexity index is 595. The number of aliphatic hydroxyl groups excluding tert-OH is 1. The van der Waals surface area contributed by atoms with Crippen LogP contribution in [0.3, 0.4) is 0 Å². The van der Waals surface area contributed by atoms with Crippen molar-refractivity contribution in [2.75, 3.05) is 13.2 Å². The van der Waals surface area contributed by atoms with E-state index in [1.807, 2.05) is 36.4 Å². The molecule has 1 unspecified atom stereocenters. The standard InChI is InChI=1S/C18H20N2O/c21-13-17(15-9-5-2-6-10-15)20-18-11-16(12-19-18)14-7-3-1-4-8-14/h1-10,16-17,21H,11-13H2,(H,19,20)/t16?,17-/m0/s1. The third-order valence-corrected chi connectivity index (χ3v) is 3.94. The van der Waals surface area contributed by atoms with E-state index in [4.69, 9.17) is 0 Å². The summed E-state index contributed by atoms with van der Waals surface area (Å²) in [6.45, 7) is 0.887. The lowest BCUT2D eigenvalue weighted by molar-refractivity contribution is 0.257. The van der Waals surface area contributed by atoms with E-state index in [-0.39, 0.29) is 12.6 Å².